The smallest absolute Gasteiger partial charge is 0.251 e. The van der Waals surface area contributed by atoms with E-state index in [2.05, 4.69) is 15.4 Å². The highest BCUT2D eigenvalue weighted by Gasteiger charge is 2.13. The Labute approximate surface area is 182 Å². The van der Waals surface area contributed by atoms with E-state index in [-0.39, 0.29) is 5.91 Å². The number of rotatable bonds is 7. The van der Waals surface area contributed by atoms with Gasteiger partial charge in [0.05, 0.1) is 19.9 Å². The van der Waals surface area contributed by atoms with Crippen molar-refractivity contribution in [2.75, 3.05) is 20.8 Å². The Morgan fingerprint density at radius 2 is 1.90 bits per heavy atom. The number of fused-ring (bicyclic) bond motifs is 1. The molecule has 0 saturated heterocycles. The van der Waals surface area contributed by atoms with Gasteiger partial charge in [0, 0.05) is 34.5 Å². The molecule has 4 rings (SSSR count). The first-order valence-electron chi connectivity index (χ1n) is 9.18. The number of benzene rings is 2. The lowest BCUT2D eigenvalue weighted by Crippen LogP contribution is -2.26. The summed E-state index contributed by atoms with van der Waals surface area (Å²) in [6.07, 6.45) is 0.627. The molecule has 0 aliphatic rings. The van der Waals surface area contributed by atoms with Gasteiger partial charge in [0.15, 0.2) is 17.3 Å². The maximum atomic E-state index is 12.5. The summed E-state index contributed by atoms with van der Waals surface area (Å²) >= 11 is 7.47. The van der Waals surface area contributed by atoms with E-state index in [0.29, 0.717) is 40.9 Å². The van der Waals surface area contributed by atoms with Crippen molar-refractivity contribution in [3.8, 4) is 22.9 Å². The second kappa shape index (κ2) is 8.73. The second-order valence-electron chi connectivity index (χ2n) is 6.44. The predicted molar refractivity (Wildman–Crippen MR) is 117 cm³/mol. The summed E-state index contributed by atoms with van der Waals surface area (Å²) < 4.78 is 12.3. The average molecular weight is 443 g/mol. The number of hydrogen-bond acceptors (Lipinski definition) is 6. The highest BCUT2D eigenvalue weighted by molar-refractivity contribution is 7.15. The second-order valence-corrected chi connectivity index (χ2v) is 7.71. The Balaban J connectivity index is 1.42. The van der Waals surface area contributed by atoms with Gasteiger partial charge in [-0.1, -0.05) is 11.6 Å². The van der Waals surface area contributed by atoms with Crippen molar-refractivity contribution in [3.63, 3.8) is 0 Å². The zero-order valence-corrected chi connectivity index (χ0v) is 18.0. The maximum Gasteiger partial charge on any atom is 0.251 e. The van der Waals surface area contributed by atoms with Crippen LogP contribution in [-0.2, 0) is 6.42 Å². The molecule has 0 aliphatic carbocycles. The number of methoxy groups -OCH3 is 2. The Morgan fingerprint density at radius 1 is 1.13 bits per heavy atom. The molecule has 7 nitrogen and oxygen atoms in total. The van der Waals surface area contributed by atoms with E-state index in [1.54, 1.807) is 25.3 Å². The van der Waals surface area contributed by atoms with Gasteiger partial charge in [-0.05, 0) is 42.5 Å². The normalized spacial score (nSPS) is 10.9. The van der Waals surface area contributed by atoms with E-state index >= 15 is 0 Å². The van der Waals surface area contributed by atoms with Gasteiger partial charge >= 0.3 is 0 Å². The van der Waals surface area contributed by atoms with Gasteiger partial charge in [0.25, 0.3) is 5.91 Å². The van der Waals surface area contributed by atoms with Crippen LogP contribution in [0.25, 0.3) is 16.3 Å². The topological polar surface area (TPSA) is 77.8 Å². The van der Waals surface area contributed by atoms with Crippen LogP contribution in [0.4, 0.5) is 0 Å². The third-order valence-corrected chi connectivity index (χ3v) is 5.68. The molecule has 154 valence electrons. The number of nitrogens with zero attached hydrogens (tertiary/aromatic N) is 3. The molecule has 0 atom stereocenters. The first-order chi connectivity index (χ1) is 14.6. The Hall–Kier alpha value is -3.10. The average Bonchev–Trinajstić information content (AvgIpc) is 3.35. The zero-order valence-electron chi connectivity index (χ0n) is 16.4. The number of aromatic nitrogens is 3. The third kappa shape index (κ3) is 4.10. The Kier molecular flexibility index (Phi) is 5.87. The van der Waals surface area contributed by atoms with E-state index in [0.717, 1.165) is 16.2 Å². The van der Waals surface area contributed by atoms with Crippen LogP contribution in [0.5, 0.6) is 11.5 Å². The van der Waals surface area contributed by atoms with Crippen molar-refractivity contribution in [1.82, 2.24) is 19.9 Å². The molecule has 2 aromatic carbocycles. The van der Waals surface area contributed by atoms with Crippen molar-refractivity contribution in [2.45, 2.75) is 6.42 Å². The van der Waals surface area contributed by atoms with E-state index < -0.39 is 0 Å². The van der Waals surface area contributed by atoms with E-state index in [9.17, 15) is 4.79 Å². The van der Waals surface area contributed by atoms with Crippen molar-refractivity contribution < 1.29 is 14.3 Å². The molecular formula is C21H19ClN4O3S. The Bertz CT molecular complexity index is 1190. The molecule has 0 bridgehead atoms. The van der Waals surface area contributed by atoms with Crippen LogP contribution in [0.2, 0.25) is 5.02 Å². The summed E-state index contributed by atoms with van der Waals surface area (Å²) in [6.45, 7) is 0.467. The molecule has 0 fully saturated rings. The number of nitrogens with one attached hydrogen (secondary N) is 1. The molecule has 30 heavy (non-hydrogen) atoms. The van der Waals surface area contributed by atoms with Gasteiger partial charge in [-0.3, -0.25) is 4.79 Å². The molecule has 0 aliphatic heterocycles. The van der Waals surface area contributed by atoms with Gasteiger partial charge in [-0.2, -0.15) is 4.98 Å². The van der Waals surface area contributed by atoms with Gasteiger partial charge in [0.1, 0.15) is 0 Å². The van der Waals surface area contributed by atoms with Crippen molar-refractivity contribution in [3.05, 3.63) is 64.1 Å². The summed E-state index contributed by atoms with van der Waals surface area (Å²) in [5.41, 5.74) is 2.40. The minimum atomic E-state index is -0.178. The number of amides is 1. The van der Waals surface area contributed by atoms with Crippen LogP contribution < -0.4 is 14.8 Å². The number of carbonyl (C=O) groups is 1. The fourth-order valence-electron chi connectivity index (χ4n) is 3.00. The molecule has 2 heterocycles. The van der Waals surface area contributed by atoms with Crippen molar-refractivity contribution >= 4 is 33.8 Å². The van der Waals surface area contributed by atoms with Crippen molar-refractivity contribution in [2.24, 2.45) is 0 Å². The minimum Gasteiger partial charge on any atom is -0.493 e. The van der Waals surface area contributed by atoms with Crippen LogP contribution >= 0.6 is 22.9 Å². The van der Waals surface area contributed by atoms with Crippen LogP contribution in [0.3, 0.4) is 0 Å². The first kappa shape index (κ1) is 20.2. The fraction of sp³-hybridized carbons (Fsp3) is 0.190. The van der Waals surface area contributed by atoms with Crippen molar-refractivity contribution in [1.29, 1.82) is 0 Å². The summed E-state index contributed by atoms with van der Waals surface area (Å²) in [5, 5.41) is 10.2. The molecule has 0 spiro atoms. The first-order valence-corrected chi connectivity index (χ1v) is 10.4. The quantitative estimate of drug-likeness (QED) is 0.466. The zero-order chi connectivity index (χ0) is 21.1. The molecule has 0 saturated carbocycles. The number of carbonyl (C=O) groups excluding carboxylic acids is 1. The van der Waals surface area contributed by atoms with Crippen LogP contribution in [0, 0.1) is 0 Å². The van der Waals surface area contributed by atoms with E-state index in [1.807, 2.05) is 34.2 Å². The van der Waals surface area contributed by atoms with Gasteiger partial charge in [-0.15, -0.1) is 16.4 Å². The monoisotopic (exact) mass is 442 g/mol. The molecule has 4 aromatic rings. The number of thiazole rings is 1. The number of halogens is 1. The van der Waals surface area contributed by atoms with Crippen LogP contribution in [-0.4, -0.2) is 41.3 Å². The number of ether oxygens (including phenoxy) is 2. The molecular weight excluding hydrogens is 424 g/mol. The third-order valence-electron chi connectivity index (χ3n) is 4.56. The largest absolute Gasteiger partial charge is 0.493 e. The number of hydrogen-bond donors (Lipinski definition) is 1. The Morgan fingerprint density at radius 3 is 2.63 bits per heavy atom. The van der Waals surface area contributed by atoms with Gasteiger partial charge < -0.3 is 14.8 Å². The lowest BCUT2D eigenvalue weighted by Gasteiger charge is -2.10. The SMILES string of the molecule is COc1ccc(C(=O)NCCc2csc3nc(-c4ccc(Cl)cc4)nn23)cc1OC. The van der Waals surface area contributed by atoms with Gasteiger partial charge in [-0.25, -0.2) is 4.52 Å². The maximum absolute atomic E-state index is 12.5. The fourth-order valence-corrected chi connectivity index (χ4v) is 3.98. The highest BCUT2D eigenvalue weighted by Crippen LogP contribution is 2.27. The summed E-state index contributed by atoms with van der Waals surface area (Å²) in [6, 6.07) is 12.5. The molecule has 9 heteroatoms. The molecule has 1 amide bonds. The lowest BCUT2D eigenvalue weighted by atomic mass is 10.2. The van der Waals surface area contributed by atoms with Gasteiger partial charge in [0.2, 0.25) is 4.96 Å². The van der Waals surface area contributed by atoms with E-state index in [4.69, 9.17) is 21.1 Å². The summed E-state index contributed by atoms with van der Waals surface area (Å²) in [4.78, 5) is 17.9. The van der Waals surface area contributed by atoms with Crippen LogP contribution in [0.1, 0.15) is 16.1 Å². The minimum absolute atomic E-state index is 0.178. The molecule has 1 N–H and O–H groups in total. The van der Waals surface area contributed by atoms with E-state index in [1.165, 1.54) is 18.4 Å². The summed E-state index contributed by atoms with van der Waals surface area (Å²) in [5.74, 6) is 1.57. The summed E-state index contributed by atoms with van der Waals surface area (Å²) in [7, 11) is 3.10. The lowest BCUT2D eigenvalue weighted by molar-refractivity contribution is 0.0953. The molecule has 0 radical (unpaired) electrons. The predicted octanol–water partition coefficient (Wildman–Crippen LogP) is 4.10. The highest BCUT2D eigenvalue weighted by atomic mass is 35.5. The standard InChI is InChI=1S/C21H19ClN4O3S/c1-28-17-8-5-14(11-18(17)29-2)20(27)23-10-9-16-12-30-21-24-19(25-26(16)21)13-3-6-15(22)7-4-13/h3-8,11-12H,9-10H2,1-2H3,(H,23,27). The molecule has 0 unspecified atom stereocenters. The van der Waals surface area contributed by atoms with Crippen LogP contribution in [0.15, 0.2) is 47.8 Å². The molecule has 2 aromatic heterocycles.